The number of nitrogens with zero attached hydrogens (tertiary/aromatic N) is 1. The first-order valence-electron chi connectivity index (χ1n) is 8.46. The summed E-state index contributed by atoms with van der Waals surface area (Å²) in [5, 5.41) is 3.45. The largest absolute Gasteiger partial charge is 0.371 e. The minimum Gasteiger partial charge on any atom is -0.371 e. The quantitative estimate of drug-likeness (QED) is 0.912. The topological polar surface area (TPSA) is 49.4 Å². The van der Waals surface area contributed by atoms with Crippen LogP contribution in [0.15, 0.2) is 58.3 Å². The van der Waals surface area contributed by atoms with E-state index in [0.717, 1.165) is 25.9 Å². The lowest BCUT2D eigenvalue weighted by molar-refractivity contribution is 0.531. The van der Waals surface area contributed by atoms with Crippen molar-refractivity contribution in [2.75, 3.05) is 25.0 Å². The van der Waals surface area contributed by atoms with Crippen LogP contribution in [-0.2, 0) is 9.84 Å². The summed E-state index contributed by atoms with van der Waals surface area (Å²) < 4.78 is 25.8. The second kappa shape index (κ2) is 5.90. The zero-order chi connectivity index (χ0) is 16.7. The standard InChI is InChI=1S/C19H22N2O2S/c1-21-18-8-7-15(24(22,23)14-5-3-2-4-6-14)13-17(18)16-9-11-20-12-10-19(16)21/h2-8,13,16,19-20H,9-12H2,1H3/t16-,19+/m0/s1. The molecule has 1 saturated heterocycles. The van der Waals surface area contributed by atoms with Crippen molar-refractivity contribution in [1.29, 1.82) is 0 Å². The van der Waals surface area contributed by atoms with Gasteiger partial charge in [-0.25, -0.2) is 8.42 Å². The minimum atomic E-state index is -3.46. The number of benzene rings is 2. The molecule has 4 nitrogen and oxygen atoms in total. The van der Waals surface area contributed by atoms with E-state index in [2.05, 4.69) is 17.3 Å². The van der Waals surface area contributed by atoms with E-state index in [4.69, 9.17) is 0 Å². The van der Waals surface area contributed by atoms with Gasteiger partial charge in [-0.3, -0.25) is 0 Å². The lowest BCUT2D eigenvalue weighted by atomic mass is 9.91. The van der Waals surface area contributed by atoms with E-state index in [1.807, 2.05) is 18.2 Å². The van der Waals surface area contributed by atoms with E-state index in [0.29, 0.717) is 21.8 Å². The highest BCUT2D eigenvalue weighted by Crippen LogP contribution is 2.44. The second-order valence-electron chi connectivity index (χ2n) is 6.65. The molecule has 2 aromatic carbocycles. The molecule has 0 spiro atoms. The Labute approximate surface area is 143 Å². The average Bonchev–Trinajstić information content (AvgIpc) is 2.78. The number of sulfone groups is 1. The fraction of sp³-hybridized carbons (Fsp3) is 0.368. The van der Waals surface area contributed by atoms with Gasteiger partial charge in [-0.15, -0.1) is 0 Å². The summed E-state index contributed by atoms with van der Waals surface area (Å²) in [7, 11) is -1.33. The second-order valence-corrected chi connectivity index (χ2v) is 8.60. The normalized spacial score (nSPS) is 23.5. The molecule has 5 heteroatoms. The predicted molar refractivity (Wildman–Crippen MR) is 95.4 cm³/mol. The SMILES string of the molecule is CN1c2ccc(S(=O)(=O)c3ccccc3)cc2[C@@H]2CCNCC[C@H]21. The number of hydrogen-bond acceptors (Lipinski definition) is 4. The molecule has 1 fully saturated rings. The van der Waals surface area contributed by atoms with Gasteiger partial charge >= 0.3 is 0 Å². The van der Waals surface area contributed by atoms with Gasteiger partial charge < -0.3 is 10.2 Å². The van der Waals surface area contributed by atoms with Gasteiger partial charge in [0, 0.05) is 24.7 Å². The monoisotopic (exact) mass is 342 g/mol. The number of rotatable bonds is 2. The molecule has 0 aromatic heterocycles. The van der Waals surface area contributed by atoms with Crippen molar-refractivity contribution >= 4 is 15.5 Å². The molecule has 2 heterocycles. The molecule has 2 aliphatic rings. The molecule has 4 rings (SSSR count). The van der Waals surface area contributed by atoms with Crippen LogP contribution in [0.1, 0.15) is 24.3 Å². The molecule has 0 saturated carbocycles. The summed E-state index contributed by atoms with van der Waals surface area (Å²) >= 11 is 0. The van der Waals surface area contributed by atoms with Gasteiger partial charge in [-0.2, -0.15) is 0 Å². The van der Waals surface area contributed by atoms with E-state index < -0.39 is 9.84 Å². The fourth-order valence-corrected chi connectivity index (χ4v) is 5.40. The van der Waals surface area contributed by atoms with Crippen molar-refractivity contribution in [1.82, 2.24) is 5.32 Å². The maximum absolute atomic E-state index is 12.9. The average molecular weight is 342 g/mol. The molecule has 24 heavy (non-hydrogen) atoms. The van der Waals surface area contributed by atoms with Crippen LogP contribution < -0.4 is 10.2 Å². The third-order valence-electron chi connectivity index (χ3n) is 5.35. The number of nitrogens with one attached hydrogen (secondary N) is 1. The third-order valence-corrected chi connectivity index (χ3v) is 7.12. The van der Waals surface area contributed by atoms with Crippen LogP contribution in [-0.4, -0.2) is 34.6 Å². The highest BCUT2D eigenvalue weighted by molar-refractivity contribution is 7.91. The first kappa shape index (κ1) is 15.7. The zero-order valence-electron chi connectivity index (χ0n) is 13.8. The molecule has 2 aromatic rings. The van der Waals surface area contributed by atoms with Gasteiger partial charge in [0.25, 0.3) is 0 Å². The Kier molecular flexibility index (Phi) is 3.85. The van der Waals surface area contributed by atoms with Crippen molar-refractivity contribution in [2.24, 2.45) is 0 Å². The van der Waals surface area contributed by atoms with Crippen LogP contribution in [0.3, 0.4) is 0 Å². The molecule has 2 aliphatic heterocycles. The minimum absolute atomic E-state index is 0.357. The Morgan fingerprint density at radius 1 is 1.00 bits per heavy atom. The maximum atomic E-state index is 12.9. The maximum Gasteiger partial charge on any atom is 0.206 e. The first-order chi connectivity index (χ1) is 11.6. The molecular formula is C19H22N2O2S. The number of anilines is 1. The first-order valence-corrected chi connectivity index (χ1v) is 9.95. The van der Waals surface area contributed by atoms with Crippen LogP contribution in [0.5, 0.6) is 0 Å². The van der Waals surface area contributed by atoms with Crippen LogP contribution >= 0.6 is 0 Å². The summed E-state index contributed by atoms with van der Waals surface area (Å²) in [6.45, 7) is 2.01. The Balaban J connectivity index is 1.78. The zero-order valence-corrected chi connectivity index (χ0v) is 14.6. The summed E-state index contributed by atoms with van der Waals surface area (Å²) in [6, 6.07) is 14.8. The van der Waals surface area contributed by atoms with Gasteiger partial charge in [-0.1, -0.05) is 18.2 Å². The number of hydrogen-bond donors (Lipinski definition) is 1. The van der Waals surface area contributed by atoms with Crippen LogP contribution in [0.2, 0.25) is 0 Å². The Morgan fingerprint density at radius 2 is 1.75 bits per heavy atom. The summed E-state index contributed by atoms with van der Waals surface area (Å²) in [5.41, 5.74) is 2.36. The van der Waals surface area contributed by atoms with E-state index in [1.54, 1.807) is 30.3 Å². The van der Waals surface area contributed by atoms with E-state index in [9.17, 15) is 8.42 Å². The molecule has 0 unspecified atom stereocenters. The van der Waals surface area contributed by atoms with E-state index in [1.165, 1.54) is 11.3 Å². The molecule has 126 valence electrons. The van der Waals surface area contributed by atoms with Crippen LogP contribution in [0, 0.1) is 0 Å². The highest BCUT2D eigenvalue weighted by Gasteiger charge is 2.37. The van der Waals surface area contributed by atoms with E-state index in [-0.39, 0.29) is 0 Å². The number of fused-ring (bicyclic) bond motifs is 3. The van der Waals surface area contributed by atoms with Crippen molar-refractivity contribution in [2.45, 2.75) is 34.6 Å². The molecule has 1 N–H and O–H groups in total. The van der Waals surface area contributed by atoms with Crippen molar-refractivity contribution in [3.63, 3.8) is 0 Å². The lowest BCUT2D eigenvalue weighted by Crippen LogP contribution is -2.30. The Morgan fingerprint density at radius 3 is 2.54 bits per heavy atom. The van der Waals surface area contributed by atoms with Crippen molar-refractivity contribution in [3.05, 3.63) is 54.1 Å². The molecular weight excluding hydrogens is 320 g/mol. The molecule has 0 aliphatic carbocycles. The molecule has 0 bridgehead atoms. The Bertz CT molecular complexity index is 849. The summed E-state index contributed by atoms with van der Waals surface area (Å²) in [5.74, 6) is 0.408. The number of likely N-dealkylation sites (N-methyl/N-ethyl adjacent to an activating group) is 1. The van der Waals surface area contributed by atoms with Crippen LogP contribution in [0.4, 0.5) is 5.69 Å². The van der Waals surface area contributed by atoms with Gasteiger partial charge in [-0.05, 0) is 61.8 Å². The Hall–Kier alpha value is -1.85. The van der Waals surface area contributed by atoms with Gasteiger partial charge in [0.15, 0.2) is 0 Å². The van der Waals surface area contributed by atoms with Gasteiger partial charge in [0.2, 0.25) is 9.84 Å². The fourth-order valence-electron chi connectivity index (χ4n) is 4.08. The predicted octanol–water partition coefficient (Wildman–Crippen LogP) is 2.80. The van der Waals surface area contributed by atoms with E-state index >= 15 is 0 Å². The highest BCUT2D eigenvalue weighted by atomic mass is 32.2. The third kappa shape index (κ3) is 2.43. The van der Waals surface area contributed by atoms with Crippen molar-refractivity contribution in [3.8, 4) is 0 Å². The van der Waals surface area contributed by atoms with Crippen LogP contribution in [0.25, 0.3) is 0 Å². The van der Waals surface area contributed by atoms with Gasteiger partial charge in [0.05, 0.1) is 9.79 Å². The summed E-state index contributed by atoms with van der Waals surface area (Å²) in [6.07, 6.45) is 2.15. The molecule has 2 atom stereocenters. The lowest BCUT2D eigenvalue weighted by Gasteiger charge is -2.24. The van der Waals surface area contributed by atoms with Gasteiger partial charge in [0.1, 0.15) is 0 Å². The van der Waals surface area contributed by atoms with Crippen molar-refractivity contribution < 1.29 is 8.42 Å². The summed E-state index contributed by atoms with van der Waals surface area (Å²) in [4.78, 5) is 3.08. The molecule has 0 radical (unpaired) electrons. The molecule has 0 amide bonds. The smallest absolute Gasteiger partial charge is 0.206 e.